The number of carbonyl (C=O) groups excluding carboxylic acids is 2. The van der Waals surface area contributed by atoms with Gasteiger partial charge in [-0.3, -0.25) is 9.59 Å². The van der Waals surface area contributed by atoms with Crippen LogP contribution in [0.1, 0.15) is 38.2 Å². The minimum atomic E-state index is -3.43. The molecule has 1 unspecified atom stereocenters. The van der Waals surface area contributed by atoms with Crippen molar-refractivity contribution in [2.45, 2.75) is 45.1 Å². The lowest BCUT2D eigenvalue weighted by atomic mass is 10.0. The van der Waals surface area contributed by atoms with Crippen LogP contribution in [0, 0.1) is 0 Å². The van der Waals surface area contributed by atoms with E-state index in [-0.39, 0.29) is 11.8 Å². The summed E-state index contributed by atoms with van der Waals surface area (Å²) in [4.78, 5) is 28.1. The molecule has 2 heterocycles. The Morgan fingerprint density at radius 1 is 1.23 bits per heavy atom. The molecule has 10 heteroatoms. The molecule has 1 atom stereocenters. The highest BCUT2D eigenvalue weighted by atomic mass is 32.2. The zero-order chi connectivity index (χ0) is 22.4. The van der Waals surface area contributed by atoms with E-state index in [1.807, 2.05) is 29.6 Å². The largest absolute Gasteiger partial charge is 0.356 e. The van der Waals surface area contributed by atoms with Gasteiger partial charge in [0.2, 0.25) is 21.8 Å². The molecule has 0 saturated carbocycles. The third-order valence-corrected chi connectivity index (χ3v) is 7.23. The Hall–Kier alpha value is -2.30. The molecule has 168 valence electrons. The van der Waals surface area contributed by atoms with Crippen LogP contribution < -0.4 is 10.6 Å². The first-order valence-electron chi connectivity index (χ1n) is 10.3. The molecule has 1 fully saturated rings. The minimum Gasteiger partial charge on any atom is -0.356 e. The fourth-order valence-electron chi connectivity index (χ4n) is 3.62. The third-order valence-electron chi connectivity index (χ3n) is 5.18. The summed E-state index contributed by atoms with van der Waals surface area (Å²) in [5.74, 6) is -0.352. The maximum Gasteiger partial charge on any atom is 0.244 e. The molecule has 2 N–H and O–H groups in total. The molecule has 2 amide bonds. The molecule has 1 aliphatic heterocycles. The normalized spacial score (nSPS) is 17.3. The number of hydrogen-bond acceptors (Lipinski definition) is 6. The number of hydrogen-bond donors (Lipinski definition) is 2. The zero-order valence-electron chi connectivity index (χ0n) is 17.8. The minimum absolute atomic E-state index is 0.0192. The number of sulfonamides is 1. The van der Waals surface area contributed by atoms with Crippen LogP contribution in [-0.2, 0) is 26.0 Å². The first kappa shape index (κ1) is 23.4. The average molecular weight is 465 g/mol. The molecule has 31 heavy (non-hydrogen) atoms. The van der Waals surface area contributed by atoms with Crippen molar-refractivity contribution in [3.63, 3.8) is 0 Å². The van der Waals surface area contributed by atoms with E-state index in [2.05, 4.69) is 15.6 Å². The summed E-state index contributed by atoms with van der Waals surface area (Å²) in [5.41, 5.74) is 2.88. The topological polar surface area (TPSA) is 108 Å². The number of nitrogens with zero attached hydrogens (tertiary/aromatic N) is 2. The van der Waals surface area contributed by atoms with E-state index < -0.39 is 16.1 Å². The molecule has 1 saturated heterocycles. The first-order chi connectivity index (χ1) is 14.7. The monoisotopic (exact) mass is 464 g/mol. The Balaban J connectivity index is 1.59. The van der Waals surface area contributed by atoms with Gasteiger partial charge in [-0.25, -0.2) is 13.4 Å². The molecule has 1 aliphatic rings. The fourth-order valence-corrected chi connectivity index (χ4v) is 5.46. The number of carbonyl (C=O) groups is 2. The van der Waals surface area contributed by atoms with Crippen molar-refractivity contribution in [1.29, 1.82) is 0 Å². The number of thiazole rings is 1. The second-order valence-corrected chi connectivity index (χ2v) is 10.5. The smallest absolute Gasteiger partial charge is 0.244 e. The van der Waals surface area contributed by atoms with E-state index in [1.54, 1.807) is 0 Å². The van der Waals surface area contributed by atoms with Crippen molar-refractivity contribution >= 4 is 38.3 Å². The average Bonchev–Trinajstić information content (AvgIpc) is 3.19. The van der Waals surface area contributed by atoms with Gasteiger partial charge in [-0.2, -0.15) is 4.31 Å². The van der Waals surface area contributed by atoms with E-state index in [9.17, 15) is 18.0 Å². The predicted octanol–water partition coefficient (Wildman–Crippen LogP) is 2.63. The lowest BCUT2D eigenvalue weighted by Gasteiger charge is -2.32. The van der Waals surface area contributed by atoms with Gasteiger partial charge in [-0.05, 0) is 31.2 Å². The van der Waals surface area contributed by atoms with Crippen LogP contribution in [0.25, 0.3) is 11.3 Å². The fraction of sp³-hybridized carbons (Fsp3) is 0.476. The van der Waals surface area contributed by atoms with Crippen LogP contribution >= 0.6 is 11.3 Å². The summed E-state index contributed by atoms with van der Waals surface area (Å²) in [6.45, 7) is 2.54. The Morgan fingerprint density at radius 3 is 2.65 bits per heavy atom. The molecular formula is C21H28N4O4S2. The van der Waals surface area contributed by atoms with Crippen molar-refractivity contribution in [3.05, 3.63) is 35.2 Å². The number of aromatic nitrogens is 1. The summed E-state index contributed by atoms with van der Waals surface area (Å²) in [6, 6.07) is 7.36. The summed E-state index contributed by atoms with van der Waals surface area (Å²) in [7, 11) is -3.43. The lowest BCUT2D eigenvalue weighted by molar-refractivity contribution is -0.120. The predicted molar refractivity (Wildman–Crippen MR) is 122 cm³/mol. The van der Waals surface area contributed by atoms with Crippen molar-refractivity contribution in [2.75, 3.05) is 24.7 Å². The number of aryl methyl sites for hydroxylation is 1. The van der Waals surface area contributed by atoms with E-state index in [0.717, 1.165) is 43.2 Å². The Kier molecular flexibility index (Phi) is 7.79. The lowest BCUT2D eigenvalue weighted by Crippen LogP contribution is -2.49. The van der Waals surface area contributed by atoms with E-state index >= 15 is 0 Å². The van der Waals surface area contributed by atoms with E-state index in [1.165, 1.54) is 28.1 Å². The second-order valence-electron chi connectivity index (χ2n) is 7.70. The van der Waals surface area contributed by atoms with Crippen molar-refractivity contribution < 1.29 is 18.0 Å². The Labute approximate surface area is 187 Å². The number of piperidine rings is 1. The van der Waals surface area contributed by atoms with Crippen molar-refractivity contribution in [1.82, 2.24) is 14.6 Å². The molecule has 2 aromatic rings. The maximum absolute atomic E-state index is 12.7. The van der Waals surface area contributed by atoms with Gasteiger partial charge in [0.1, 0.15) is 6.04 Å². The SMILES string of the molecule is CC(=O)NCCCc1ccc(-c2csc(NC(=O)C3CCCCN3S(C)(=O)=O)n2)cc1. The standard InChI is InChI=1S/C21H28N4O4S2/c1-15(26)22-12-5-6-16-8-10-17(11-9-16)18-14-30-21(23-18)24-20(27)19-7-3-4-13-25(19)31(2,28)29/h8-11,14,19H,3-7,12-13H2,1-2H3,(H,22,26)(H,23,24,27). The van der Waals surface area contributed by atoms with Gasteiger partial charge in [-0.1, -0.05) is 30.7 Å². The quantitative estimate of drug-likeness (QED) is 0.584. The molecule has 0 radical (unpaired) electrons. The Morgan fingerprint density at radius 2 is 1.97 bits per heavy atom. The third kappa shape index (κ3) is 6.59. The second kappa shape index (κ2) is 10.3. The van der Waals surface area contributed by atoms with Crippen LogP contribution in [0.4, 0.5) is 5.13 Å². The van der Waals surface area contributed by atoms with Crippen molar-refractivity contribution in [2.24, 2.45) is 0 Å². The molecule has 0 aliphatic carbocycles. The number of rotatable bonds is 8. The first-order valence-corrected chi connectivity index (χ1v) is 13.0. The van der Waals surface area contributed by atoms with Gasteiger partial charge < -0.3 is 10.6 Å². The number of nitrogens with one attached hydrogen (secondary N) is 2. The van der Waals surface area contributed by atoms with Crippen LogP contribution in [0.5, 0.6) is 0 Å². The Bertz CT molecular complexity index is 1020. The molecule has 0 spiro atoms. The van der Waals surface area contributed by atoms with Gasteiger partial charge in [0.15, 0.2) is 5.13 Å². The van der Waals surface area contributed by atoms with Gasteiger partial charge in [0.25, 0.3) is 0 Å². The number of amides is 2. The van der Waals surface area contributed by atoms with Gasteiger partial charge in [-0.15, -0.1) is 11.3 Å². The van der Waals surface area contributed by atoms with Crippen LogP contribution in [0.2, 0.25) is 0 Å². The van der Waals surface area contributed by atoms with Gasteiger partial charge in [0.05, 0.1) is 11.9 Å². The molecule has 0 bridgehead atoms. The zero-order valence-corrected chi connectivity index (χ0v) is 19.4. The van der Waals surface area contributed by atoms with E-state index in [4.69, 9.17) is 0 Å². The highest BCUT2D eigenvalue weighted by Crippen LogP contribution is 2.27. The summed E-state index contributed by atoms with van der Waals surface area (Å²) in [6.07, 6.45) is 4.99. The summed E-state index contributed by atoms with van der Waals surface area (Å²) in [5, 5.41) is 7.90. The van der Waals surface area contributed by atoms with Crippen LogP contribution in [-0.4, -0.2) is 54.9 Å². The number of benzene rings is 1. The summed E-state index contributed by atoms with van der Waals surface area (Å²) >= 11 is 1.32. The van der Waals surface area contributed by atoms with Gasteiger partial charge in [0, 0.05) is 31.0 Å². The maximum atomic E-state index is 12.7. The van der Waals surface area contributed by atoms with Crippen LogP contribution in [0.3, 0.4) is 0 Å². The highest BCUT2D eigenvalue weighted by molar-refractivity contribution is 7.88. The van der Waals surface area contributed by atoms with E-state index in [0.29, 0.717) is 24.6 Å². The molecule has 3 rings (SSSR count). The van der Waals surface area contributed by atoms with Crippen LogP contribution in [0.15, 0.2) is 29.6 Å². The molecule has 8 nitrogen and oxygen atoms in total. The highest BCUT2D eigenvalue weighted by Gasteiger charge is 2.34. The summed E-state index contributed by atoms with van der Waals surface area (Å²) < 4.78 is 25.3. The van der Waals surface area contributed by atoms with Gasteiger partial charge >= 0.3 is 0 Å². The molecular weight excluding hydrogens is 436 g/mol. The molecule has 1 aromatic carbocycles. The number of anilines is 1. The van der Waals surface area contributed by atoms with Crippen molar-refractivity contribution in [3.8, 4) is 11.3 Å². The molecule has 1 aromatic heterocycles.